The van der Waals surface area contributed by atoms with E-state index in [2.05, 4.69) is 10.3 Å². The summed E-state index contributed by atoms with van der Waals surface area (Å²) in [7, 11) is 0. The number of nitrogens with one attached hydrogen (secondary N) is 1. The maximum Gasteiger partial charge on any atom is 0.303 e. The second kappa shape index (κ2) is 7.03. The molecule has 1 amide bonds. The van der Waals surface area contributed by atoms with Gasteiger partial charge in [0.05, 0.1) is 0 Å². The van der Waals surface area contributed by atoms with Crippen molar-refractivity contribution >= 4 is 11.9 Å². The lowest BCUT2D eigenvalue weighted by atomic mass is 10.1. The number of rotatable bonds is 6. The summed E-state index contributed by atoms with van der Waals surface area (Å²) in [4.78, 5) is 26.6. The fraction of sp³-hybridized carbons (Fsp3) is 0.312. The van der Waals surface area contributed by atoms with Crippen molar-refractivity contribution in [2.24, 2.45) is 0 Å². The van der Waals surface area contributed by atoms with Crippen molar-refractivity contribution in [2.45, 2.75) is 12.8 Å². The van der Waals surface area contributed by atoms with Crippen LogP contribution in [0.5, 0.6) is 11.5 Å². The zero-order valence-electron chi connectivity index (χ0n) is 12.8. The van der Waals surface area contributed by atoms with Crippen LogP contribution in [0, 0.1) is 0 Å². The Labute approximate surface area is 137 Å². The van der Waals surface area contributed by atoms with E-state index in [1.165, 1.54) is 6.39 Å². The van der Waals surface area contributed by atoms with Gasteiger partial charge in [0.2, 0.25) is 0 Å². The molecule has 0 unspecified atom stereocenters. The molecule has 2 heterocycles. The average molecular weight is 332 g/mol. The average Bonchev–Trinajstić information content (AvgIpc) is 3.07. The first-order valence-electron chi connectivity index (χ1n) is 7.48. The van der Waals surface area contributed by atoms with Gasteiger partial charge in [-0.25, -0.2) is 4.98 Å². The summed E-state index contributed by atoms with van der Waals surface area (Å²) in [5, 5.41) is 11.2. The molecule has 0 aliphatic carbocycles. The van der Waals surface area contributed by atoms with Crippen LogP contribution in [0.2, 0.25) is 0 Å². The Balaban J connectivity index is 1.73. The van der Waals surface area contributed by atoms with Gasteiger partial charge in [-0.1, -0.05) is 0 Å². The first-order valence-corrected chi connectivity index (χ1v) is 7.48. The van der Waals surface area contributed by atoms with E-state index in [0.717, 1.165) is 0 Å². The number of nitrogens with zero attached hydrogens (tertiary/aromatic N) is 1. The topological polar surface area (TPSA) is 111 Å². The van der Waals surface area contributed by atoms with Crippen molar-refractivity contribution in [3.8, 4) is 22.8 Å². The summed E-state index contributed by atoms with van der Waals surface area (Å²) in [5.41, 5.74) is 0.787. The molecule has 1 aliphatic rings. The zero-order chi connectivity index (χ0) is 16.9. The van der Waals surface area contributed by atoms with E-state index in [1.807, 2.05) is 0 Å². The largest absolute Gasteiger partial charge is 0.486 e. The van der Waals surface area contributed by atoms with Gasteiger partial charge in [-0.3, -0.25) is 9.59 Å². The van der Waals surface area contributed by atoms with Crippen LogP contribution in [-0.4, -0.2) is 41.7 Å². The molecule has 0 saturated carbocycles. The first kappa shape index (κ1) is 15.9. The van der Waals surface area contributed by atoms with Gasteiger partial charge in [0, 0.05) is 18.5 Å². The molecule has 0 bridgehead atoms. The van der Waals surface area contributed by atoms with Gasteiger partial charge >= 0.3 is 5.97 Å². The number of carbonyl (C=O) groups is 2. The number of amides is 1. The van der Waals surface area contributed by atoms with Crippen LogP contribution >= 0.6 is 0 Å². The van der Waals surface area contributed by atoms with Crippen molar-refractivity contribution in [2.75, 3.05) is 19.8 Å². The minimum Gasteiger partial charge on any atom is -0.486 e. The minimum atomic E-state index is -0.900. The summed E-state index contributed by atoms with van der Waals surface area (Å²) in [6.07, 6.45) is 1.53. The number of aliphatic carboxylic acids is 1. The summed E-state index contributed by atoms with van der Waals surface area (Å²) in [6, 6.07) is 5.24. The van der Waals surface area contributed by atoms with Gasteiger partial charge < -0.3 is 24.3 Å². The number of fused-ring (bicyclic) bond motifs is 1. The summed E-state index contributed by atoms with van der Waals surface area (Å²) >= 11 is 0. The molecule has 126 valence electrons. The molecule has 0 spiro atoms. The van der Waals surface area contributed by atoms with Crippen molar-refractivity contribution < 1.29 is 28.6 Å². The third kappa shape index (κ3) is 3.48. The highest BCUT2D eigenvalue weighted by molar-refractivity contribution is 5.97. The molecule has 3 rings (SSSR count). The molecule has 0 saturated heterocycles. The molecule has 24 heavy (non-hydrogen) atoms. The highest BCUT2D eigenvalue weighted by atomic mass is 16.6. The Kier molecular flexibility index (Phi) is 4.64. The molecule has 0 radical (unpaired) electrons. The lowest BCUT2D eigenvalue weighted by Gasteiger charge is -2.18. The number of hydrogen-bond donors (Lipinski definition) is 2. The predicted molar refractivity (Wildman–Crippen MR) is 82.1 cm³/mol. The van der Waals surface area contributed by atoms with Crippen LogP contribution in [-0.2, 0) is 4.79 Å². The van der Waals surface area contributed by atoms with Crippen LogP contribution in [0.25, 0.3) is 11.3 Å². The number of carboxylic acids is 1. The smallest absolute Gasteiger partial charge is 0.303 e. The molecule has 8 nitrogen and oxygen atoms in total. The third-order valence-corrected chi connectivity index (χ3v) is 3.44. The van der Waals surface area contributed by atoms with Crippen LogP contribution in [0.3, 0.4) is 0 Å². The molecule has 0 fully saturated rings. The molecular weight excluding hydrogens is 316 g/mol. The quantitative estimate of drug-likeness (QED) is 0.775. The highest BCUT2D eigenvalue weighted by Crippen LogP contribution is 2.35. The number of aromatic nitrogens is 1. The molecule has 1 aliphatic heterocycles. The second-order valence-electron chi connectivity index (χ2n) is 5.14. The molecule has 1 aromatic heterocycles. The van der Waals surface area contributed by atoms with E-state index in [4.69, 9.17) is 19.0 Å². The number of carbonyl (C=O) groups excluding carboxylic acids is 1. The van der Waals surface area contributed by atoms with Gasteiger partial charge in [-0.15, -0.1) is 0 Å². The molecule has 2 N–H and O–H groups in total. The maximum atomic E-state index is 12.2. The third-order valence-electron chi connectivity index (χ3n) is 3.44. The summed E-state index contributed by atoms with van der Waals surface area (Å²) in [5.74, 6) is 0.233. The molecule has 0 atom stereocenters. The van der Waals surface area contributed by atoms with Crippen LogP contribution < -0.4 is 14.8 Å². The Bertz CT molecular complexity index is 755. The number of hydrogen-bond acceptors (Lipinski definition) is 6. The van der Waals surface area contributed by atoms with Crippen molar-refractivity contribution in [3.05, 3.63) is 30.3 Å². The molecule has 8 heteroatoms. The van der Waals surface area contributed by atoms with Crippen molar-refractivity contribution in [3.63, 3.8) is 0 Å². The van der Waals surface area contributed by atoms with E-state index in [1.54, 1.807) is 18.2 Å². The molecular formula is C16H16N2O6. The highest BCUT2D eigenvalue weighted by Gasteiger charge is 2.20. The second-order valence-corrected chi connectivity index (χ2v) is 5.14. The Morgan fingerprint density at radius 3 is 2.79 bits per heavy atom. The molecule has 2 aromatic rings. The number of oxazole rings is 1. The van der Waals surface area contributed by atoms with Crippen molar-refractivity contribution in [1.82, 2.24) is 10.3 Å². The monoisotopic (exact) mass is 332 g/mol. The van der Waals surface area contributed by atoms with E-state index in [-0.39, 0.29) is 18.7 Å². The van der Waals surface area contributed by atoms with Gasteiger partial charge in [0.1, 0.15) is 13.2 Å². The number of benzene rings is 1. The molecule has 1 aromatic carbocycles. The normalized spacial score (nSPS) is 12.7. The van der Waals surface area contributed by atoms with Crippen LogP contribution in [0.15, 0.2) is 29.0 Å². The van der Waals surface area contributed by atoms with Gasteiger partial charge in [-0.2, -0.15) is 0 Å². The van der Waals surface area contributed by atoms with E-state index < -0.39 is 11.9 Å². The van der Waals surface area contributed by atoms with E-state index in [0.29, 0.717) is 42.5 Å². The Hall–Kier alpha value is -3.03. The van der Waals surface area contributed by atoms with Crippen LogP contribution in [0.1, 0.15) is 23.3 Å². The van der Waals surface area contributed by atoms with E-state index >= 15 is 0 Å². The minimum absolute atomic E-state index is 0.00584. The number of carboxylic acid groups (broad SMARTS) is 1. The van der Waals surface area contributed by atoms with Gasteiger partial charge in [0.15, 0.2) is 29.3 Å². The van der Waals surface area contributed by atoms with Crippen LogP contribution in [0.4, 0.5) is 0 Å². The summed E-state index contributed by atoms with van der Waals surface area (Å²) in [6.45, 7) is 1.21. The summed E-state index contributed by atoms with van der Waals surface area (Å²) < 4.78 is 16.3. The van der Waals surface area contributed by atoms with E-state index in [9.17, 15) is 9.59 Å². The first-order chi connectivity index (χ1) is 11.6. The SMILES string of the molecule is O=C(O)CCCNC(=O)c1ncoc1-c1ccc2c(c1)OCCO2. The van der Waals surface area contributed by atoms with Gasteiger partial charge in [0.25, 0.3) is 5.91 Å². The van der Waals surface area contributed by atoms with Gasteiger partial charge in [-0.05, 0) is 24.6 Å². The predicted octanol–water partition coefficient (Wildman–Crippen LogP) is 1.71. The van der Waals surface area contributed by atoms with Crippen molar-refractivity contribution in [1.29, 1.82) is 0 Å². The lowest BCUT2D eigenvalue weighted by Crippen LogP contribution is -2.25. The standard InChI is InChI=1S/C16H16N2O6/c19-13(20)2-1-5-17-16(21)14-15(24-9-18-14)10-3-4-11-12(8-10)23-7-6-22-11/h3-4,8-9H,1-2,5-7H2,(H,17,21)(H,19,20). The zero-order valence-corrected chi connectivity index (χ0v) is 12.8. The Morgan fingerprint density at radius 2 is 2.00 bits per heavy atom. The Morgan fingerprint density at radius 1 is 1.21 bits per heavy atom. The maximum absolute atomic E-state index is 12.2. The lowest BCUT2D eigenvalue weighted by molar-refractivity contribution is -0.137. The number of ether oxygens (including phenoxy) is 2. The fourth-order valence-corrected chi connectivity index (χ4v) is 2.32. The fourth-order valence-electron chi connectivity index (χ4n) is 2.32.